The van der Waals surface area contributed by atoms with Gasteiger partial charge in [-0.25, -0.2) is 4.79 Å². The zero-order valence-corrected chi connectivity index (χ0v) is 16.4. The lowest BCUT2D eigenvalue weighted by Gasteiger charge is -2.45. The summed E-state index contributed by atoms with van der Waals surface area (Å²) in [6, 6.07) is 0.754. The van der Waals surface area contributed by atoms with Gasteiger partial charge in [0.15, 0.2) is 0 Å². The molecule has 5 fully saturated rings. The van der Waals surface area contributed by atoms with Crippen molar-refractivity contribution in [2.45, 2.75) is 57.2 Å². The average Bonchev–Trinajstić information content (AvgIpc) is 3.39. The van der Waals surface area contributed by atoms with Crippen LogP contribution in [0.15, 0.2) is 0 Å². The van der Waals surface area contributed by atoms with Crippen LogP contribution in [0.3, 0.4) is 0 Å². The Morgan fingerprint density at radius 1 is 1.15 bits per heavy atom. The van der Waals surface area contributed by atoms with Gasteiger partial charge in [-0.2, -0.15) is 0 Å². The number of piperidine rings is 2. The van der Waals surface area contributed by atoms with Crippen molar-refractivity contribution in [2.75, 3.05) is 45.9 Å². The van der Waals surface area contributed by atoms with Crippen LogP contribution >= 0.6 is 0 Å². The summed E-state index contributed by atoms with van der Waals surface area (Å²) >= 11 is 0. The Balaban J connectivity index is 1.19. The van der Waals surface area contributed by atoms with Gasteiger partial charge in [-0.05, 0) is 44.9 Å². The molecule has 150 valence electrons. The molecule has 2 unspecified atom stereocenters. The third-order valence-electron chi connectivity index (χ3n) is 7.29. The Hall–Kier alpha value is -1.34. The number of fused-ring (bicyclic) bond motifs is 1. The number of hydrogen-bond donors (Lipinski definition) is 1. The van der Waals surface area contributed by atoms with Crippen molar-refractivity contribution in [3.8, 4) is 0 Å². The second-order valence-corrected chi connectivity index (χ2v) is 9.60. The fraction of sp³-hybridized carbons (Fsp3) is 0.900. The molecule has 4 aliphatic heterocycles. The van der Waals surface area contributed by atoms with Crippen LogP contribution in [0.2, 0.25) is 0 Å². The highest BCUT2D eigenvalue weighted by Crippen LogP contribution is 2.34. The maximum atomic E-state index is 12.8. The van der Waals surface area contributed by atoms with Gasteiger partial charge in [0.1, 0.15) is 0 Å². The normalized spacial score (nSPS) is 34.2. The van der Waals surface area contributed by atoms with E-state index in [4.69, 9.17) is 4.74 Å². The van der Waals surface area contributed by atoms with Gasteiger partial charge in [0.25, 0.3) is 0 Å². The Kier molecular flexibility index (Phi) is 4.35. The SMILES string of the molecule is CC1(C(=O)N2CCC3C(C2)NC(=O)N3C2CCN(CC3CC3)CC2)COC1. The largest absolute Gasteiger partial charge is 0.379 e. The number of ether oxygens (including phenoxy) is 1. The lowest BCUT2D eigenvalue weighted by molar-refractivity contribution is -0.170. The summed E-state index contributed by atoms with van der Waals surface area (Å²) in [6.07, 6.45) is 5.86. The van der Waals surface area contributed by atoms with Crippen LogP contribution in [0.5, 0.6) is 0 Å². The minimum atomic E-state index is -0.358. The van der Waals surface area contributed by atoms with Gasteiger partial charge < -0.3 is 24.8 Å². The fourth-order valence-corrected chi connectivity index (χ4v) is 5.38. The number of nitrogens with one attached hydrogen (secondary N) is 1. The van der Waals surface area contributed by atoms with Crippen molar-refractivity contribution >= 4 is 11.9 Å². The Labute approximate surface area is 161 Å². The second kappa shape index (κ2) is 6.62. The van der Waals surface area contributed by atoms with Crippen molar-refractivity contribution in [1.82, 2.24) is 20.0 Å². The van der Waals surface area contributed by atoms with Crippen LogP contribution in [0.1, 0.15) is 39.0 Å². The molecule has 0 spiro atoms. The van der Waals surface area contributed by atoms with E-state index in [1.807, 2.05) is 11.8 Å². The van der Waals surface area contributed by atoms with Crippen LogP contribution in [-0.2, 0) is 9.53 Å². The van der Waals surface area contributed by atoms with Gasteiger partial charge in [-0.15, -0.1) is 0 Å². The van der Waals surface area contributed by atoms with Crippen molar-refractivity contribution in [2.24, 2.45) is 11.3 Å². The molecule has 1 N–H and O–H groups in total. The van der Waals surface area contributed by atoms with Crippen LogP contribution in [0.4, 0.5) is 4.79 Å². The second-order valence-electron chi connectivity index (χ2n) is 9.60. The van der Waals surface area contributed by atoms with Gasteiger partial charge in [-0.1, -0.05) is 0 Å². The Morgan fingerprint density at radius 3 is 2.52 bits per heavy atom. The van der Waals surface area contributed by atoms with E-state index >= 15 is 0 Å². The van der Waals surface area contributed by atoms with E-state index in [2.05, 4.69) is 15.1 Å². The molecule has 0 radical (unpaired) electrons. The summed E-state index contributed by atoms with van der Waals surface area (Å²) in [5.41, 5.74) is -0.358. The van der Waals surface area contributed by atoms with E-state index in [1.165, 1.54) is 19.4 Å². The monoisotopic (exact) mass is 376 g/mol. The molecule has 0 aromatic heterocycles. The maximum Gasteiger partial charge on any atom is 0.318 e. The number of likely N-dealkylation sites (tertiary alicyclic amines) is 2. The molecular formula is C20H32N4O3. The highest BCUT2D eigenvalue weighted by molar-refractivity contribution is 5.84. The molecule has 4 saturated heterocycles. The smallest absolute Gasteiger partial charge is 0.318 e. The standard InChI is InChI=1S/C20H32N4O3/c1-20(12-27-13-20)18(25)23-9-6-17-16(11-23)21-19(26)24(17)15-4-7-22(8-5-15)10-14-2-3-14/h14-17H,2-13H2,1H3,(H,21,26). The van der Waals surface area contributed by atoms with Gasteiger partial charge in [0, 0.05) is 38.8 Å². The van der Waals surface area contributed by atoms with E-state index in [9.17, 15) is 9.59 Å². The minimum absolute atomic E-state index is 0.0734. The van der Waals surface area contributed by atoms with E-state index in [1.54, 1.807) is 0 Å². The Bertz CT molecular complexity index is 610. The van der Waals surface area contributed by atoms with Crippen molar-refractivity contribution in [3.63, 3.8) is 0 Å². The molecule has 2 atom stereocenters. The molecular weight excluding hydrogens is 344 g/mol. The predicted octanol–water partition coefficient (Wildman–Crippen LogP) is 0.892. The first-order valence-electron chi connectivity index (χ1n) is 10.7. The maximum absolute atomic E-state index is 12.8. The molecule has 1 saturated carbocycles. The van der Waals surface area contributed by atoms with Gasteiger partial charge in [0.05, 0.1) is 30.7 Å². The molecule has 27 heavy (non-hydrogen) atoms. The first-order valence-corrected chi connectivity index (χ1v) is 10.7. The number of hydrogen-bond acceptors (Lipinski definition) is 4. The van der Waals surface area contributed by atoms with E-state index in [0.29, 0.717) is 25.8 Å². The number of carbonyl (C=O) groups excluding carboxylic acids is 2. The third-order valence-corrected chi connectivity index (χ3v) is 7.29. The molecule has 4 heterocycles. The summed E-state index contributed by atoms with van der Waals surface area (Å²) in [5.74, 6) is 1.12. The van der Waals surface area contributed by atoms with Crippen LogP contribution in [0.25, 0.3) is 0 Å². The van der Waals surface area contributed by atoms with Crippen molar-refractivity contribution < 1.29 is 14.3 Å². The van der Waals surface area contributed by atoms with Crippen LogP contribution < -0.4 is 5.32 Å². The van der Waals surface area contributed by atoms with Crippen molar-refractivity contribution in [1.29, 1.82) is 0 Å². The van der Waals surface area contributed by atoms with Gasteiger partial charge >= 0.3 is 6.03 Å². The van der Waals surface area contributed by atoms with E-state index in [0.717, 1.165) is 44.8 Å². The quantitative estimate of drug-likeness (QED) is 0.792. The fourth-order valence-electron chi connectivity index (χ4n) is 5.38. The molecule has 3 amide bonds. The van der Waals surface area contributed by atoms with Gasteiger partial charge in [0.2, 0.25) is 5.91 Å². The van der Waals surface area contributed by atoms with Crippen LogP contribution in [-0.4, -0.2) is 90.7 Å². The summed E-state index contributed by atoms with van der Waals surface area (Å²) in [7, 11) is 0. The zero-order chi connectivity index (χ0) is 18.6. The molecule has 0 aromatic rings. The summed E-state index contributed by atoms with van der Waals surface area (Å²) < 4.78 is 5.26. The molecule has 5 aliphatic rings. The molecule has 7 nitrogen and oxygen atoms in total. The summed E-state index contributed by atoms with van der Waals surface area (Å²) in [6.45, 7) is 7.91. The average molecular weight is 377 g/mol. The summed E-state index contributed by atoms with van der Waals surface area (Å²) in [5, 5.41) is 3.18. The topological polar surface area (TPSA) is 65.1 Å². The number of rotatable bonds is 4. The highest BCUT2D eigenvalue weighted by atomic mass is 16.5. The van der Waals surface area contributed by atoms with Gasteiger partial charge in [-0.3, -0.25) is 4.79 Å². The number of urea groups is 1. The molecule has 0 bridgehead atoms. The number of nitrogens with zero attached hydrogens (tertiary/aromatic N) is 3. The predicted molar refractivity (Wildman–Crippen MR) is 100 cm³/mol. The van der Waals surface area contributed by atoms with Crippen molar-refractivity contribution in [3.05, 3.63) is 0 Å². The molecule has 1 aliphatic carbocycles. The number of carbonyl (C=O) groups is 2. The molecule has 0 aromatic carbocycles. The molecule has 7 heteroatoms. The van der Waals surface area contributed by atoms with E-state index < -0.39 is 0 Å². The third kappa shape index (κ3) is 3.23. The lowest BCUT2D eigenvalue weighted by atomic mass is 9.85. The minimum Gasteiger partial charge on any atom is -0.379 e. The van der Waals surface area contributed by atoms with Crippen LogP contribution in [0, 0.1) is 11.3 Å². The first-order chi connectivity index (χ1) is 13.0. The number of amides is 3. The van der Waals surface area contributed by atoms with E-state index in [-0.39, 0.29) is 29.4 Å². The lowest BCUT2D eigenvalue weighted by Crippen LogP contribution is -2.60. The zero-order valence-electron chi connectivity index (χ0n) is 16.4. The summed E-state index contributed by atoms with van der Waals surface area (Å²) in [4.78, 5) is 32.2. The molecule has 5 rings (SSSR count). The first kappa shape index (κ1) is 17.7. The Morgan fingerprint density at radius 2 is 1.89 bits per heavy atom. The highest BCUT2D eigenvalue weighted by Gasteiger charge is 2.50.